The number of nitrogens with zero attached hydrogens (tertiary/aromatic N) is 4. The highest BCUT2D eigenvalue weighted by molar-refractivity contribution is 6.31. The lowest BCUT2D eigenvalue weighted by Crippen LogP contribution is -2.15. The summed E-state index contributed by atoms with van der Waals surface area (Å²) in [7, 11) is 4.97. The third kappa shape index (κ3) is 5.36. The number of halogens is 2. The summed E-state index contributed by atoms with van der Waals surface area (Å²) in [4.78, 5) is 5.06. The van der Waals surface area contributed by atoms with Gasteiger partial charge in [-0.1, -0.05) is 23.7 Å². The number of aromatic nitrogens is 3. The van der Waals surface area contributed by atoms with E-state index in [-0.39, 0.29) is 28.0 Å². The van der Waals surface area contributed by atoms with Gasteiger partial charge in [0.1, 0.15) is 34.7 Å². The Bertz CT molecular complexity index is 2030. The zero-order valence-electron chi connectivity index (χ0n) is 25.6. The molecule has 2 aliphatic rings. The SMILES string of the molecule is COc1ccc(CNc2nc3cc(-c4cnn(C)c4-c4c(F)c(Cl)cc(OC5CC5)c4C#N)ccc3c3c2COCC3)c(OC)c1. The highest BCUT2D eigenvalue weighted by atomic mass is 35.5. The second kappa shape index (κ2) is 12.2. The fourth-order valence-corrected chi connectivity index (χ4v) is 6.19. The van der Waals surface area contributed by atoms with Gasteiger partial charge in [-0.3, -0.25) is 4.68 Å². The van der Waals surface area contributed by atoms with Gasteiger partial charge in [0.25, 0.3) is 0 Å². The molecule has 1 aliphatic heterocycles. The molecule has 5 aromatic rings. The lowest BCUT2D eigenvalue weighted by molar-refractivity contribution is 0.111. The van der Waals surface area contributed by atoms with E-state index in [9.17, 15) is 5.26 Å². The molecule has 2 aromatic heterocycles. The van der Waals surface area contributed by atoms with E-state index >= 15 is 4.39 Å². The van der Waals surface area contributed by atoms with Crippen LogP contribution in [0, 0.1) is 17.1 Å². The van der Waals surface area contributed by atoms with E-state index in [1.165, 1.54) is 11.6 Å². The summed E-state index contributed by atoms with van der Waals surface area (Å²) in [5.41, 5.74) is 5.89. The number of aryl methyl sites for hydroxylation is 1. The Morgan fingerprint density at radius 3 is 2.72 bits per heavy atom. The van der Waals surface area contributed by atoms with Gasteiger partial charge in [0.05, 0.1) is 61.5 Å². The van der Waals surface area contributed by atoms with Crippen LogP contribution in [0.2, 0.25) is 5.02 Å². The second-order valence-corrected chi connectivity index (χ2v) is 11.8. The van der Waals surface area contributed by atoms with Crippen LogP contribution in [-0.2, 0) is 31.4 Å². The number of methoxy groups -OCH3 is 2. The molecule has 7 rings (SSSR count). The average molecular weight is 640 g/mol. The standard InChI is InChI=1S/C35H31ClFN5O4/c1-42-34(32-25(15-38)31(46-21-7-8-21)14-28(36)33(32)37)26(17-40-42)19-5-9-24-23-10-11-45-18-27(23)35(41-29(24)12-19)39-16-20-4-6-22(43-2)13-30(20)44-3/h4-6,9,12-14,17,21H,7-8,10-11,16,18H2,1-3H3,(H,39,41). The molecule has 0 atom stereocenters. The van der Waals surface area contributed by atoms with Crippen molar-refractivity contribution >= 4 is 28.3 Å². The van der Waals surface area contributed by atoms with Crippen molar-refractivity contribution in [1.82, 2.24) is 14.8 Å². The first kappa shape index (κ1) is 29.8. The minimum atomic E-state index is -0.695. The van der Waals surface area contributed by atoms with E-state index < -0.39 is 5.82 Å². The molecule has 3 aromatic carbocycles. The highest BCUT2D eigenvalue weighted by Gasteiger charge is 2.30. The van der Waals surface area contributed by atoms with Crippen LogP contribution in [0.4, 0.5) is 10.2 Å². The minimum Gasteiger partial charge on any atom is -0.497 e. The lowest BCUT2D eigenvalue weighted by Gasteiger charge is -2.23. The van der Waals surface area contributed by atoms with Crippen LogP contribution in [0.25, 0.3) is 33.3 Å². The molecule has 1 N–H and O–H groups in total. The minimum absolute atomic E-state index is 0.00369. The Hall–Kier alpha value is -4.85. The van der Waals surface area contributed by atoms with Crippen LogP contribution >= 0.6 is 11.6 Å². The zero-order chi connectivity index (χ0) is 31.9. The maximum atomic E-state index is 15.8. The molecule has 0 spiro atoms. The highest BCUT2D eigenvalue weighted by Crippen LogP contribution is 2.43. The first-order valence-corrected chi connectivity index (χ1v) is 15.4. The van der Waals surface area contributed by atoms with Crippen LogP contribution in [0.15, 0.2) is 48.7 Å². The molecule has 1 aliphatic carbocycles. The van der Waals surface area contributed by atoms with E-state index in [0.717, 1.165) is 52.7 Å². The van der Waals surface area contributed by atoms with Crippen molar-refractivity contribution in [2.75, 3.05) is 26.1 Å². The molecule has 0 amide bonds. The van der Waals surface area contributed by atoms with Crippen LogP contribution in [-0.4, -0.2) is 41.7 Å². The van der Waals surface area contributed by atoms with Crippen molar-refractivity contribution < 1.29 is 23.3 Å². The van der Waals surface area contributed by atoms with Crippen molar-refractivity contribution in [2.45, 2.75) is 38.5 Å². The fraction of sp³-hybridized carbons (Fsp3) is 0.286. The van der Waals surface area contributed by atoms with Crippen molar-refractivity contribution in [3.63, 3.8) is 0 Å². The number of hydrogen-bond donors (Lipinski definition) is 1. The van der Waals surface area contributed by atoms with Gasteiger partial charge in [0.15, 0.2) is 5.82 Å². The molecule has 234 valence electrons. The number of benzene rings is 3. The topological polar surface area (TPSA) is 103 Å². The number of rotatable bonds is 9. The molecule has 9 nitrogen and oxygen atoms in total. The second-order valence-electron chi connectivity index (χ2n) is 11.4. The van der Waals surface area contributed by atoms with Crippen LogP contribution in [0.5, 0.6) is 17.2 Å². The smallest absolute Gasteiger partial charge is 0.152 e. The van der Waals surface area contributed by atoms with Crippen LogP contribution < -0.4 is 19.5 Å². The van der Waals surface area contributed by atoms with E-state index in [1.807, 2.05) is 36.4 Å². The van der Waals surface area contributed by atoms with Gasteiger partial charge >= 0.3 is 0 Å². The van der Waals surface area contributed by atoms with Gasteiger partial charge in [0.2, 0.25) is 0 Å². The normalized spacial score (nSPS) is 14.1. The monoisotopic (exact) mass is 639 g/mol. The number of anilines is 1. The maximum Gasteiger partial charge on any atom is 0.152 e. The van der Waals surface area contributed by atoms with Gasteiger partial charge in [-0.2, -0.15) is 10.4 Å². The number of nitriles is 1. The maximum absolute atomic E-state index is 15.8. The van der Waals surface area contributed by atoms with Gasteiger partial charge in [-0.15, -0.1) is 0 Å². The van der Waals surface area contributed by atoms with Crippen LogP contribution in [0.1, 0.15) is 35.1 Å². The summed E-state index contributed by atoms with van der Waals surface area (Å²) in [5, 5.41) is 19.0. The van der Waals surface area contributed by atoms with Crippen molar-refractivity contribution in [3.8, 4) is 45.7 Å². The molecule has 0 radical (unpaired) electrons. The average Bonchev–Trinajstić information content (AvgIpc) is 3.82. The first-order chi connectivity index (χ1) is 22.4. The molecular weight excluding hydrogens is 609 g/mol. The molecule has 3 heterocycles. The summed E-state index contributed by atoms with van der Waals surface area (Å²) in [6, 6.07) is 15.2. The summed E-state index contributed by atoms with van der Waals surface area (Å²) < 4.78 is 40.1. The van der Waals surface area contributed by atoms with Crippen LogP contribution in [0.3, 0.4) is 0 Å². The first-order valence-electron chi connectivity index (χ1n) is 15.0. The molecule has 0 unspecified atom stereocenters. The Morgan fingerprint density at radius 1 is 1.11 bits per heavy atom. The van der Waals surface area contributed by atoms with E-state index in [4.69, 9.17) is 35.5 Å². The van der Waals surface area contributed by atoms with E-state index in [0.29, 0.717) is 42.5 Å². The Balaban J connectivity index is 1.32. The number of hydrogen-bond acceptors (Lipinski definition) is 8. The van der Waals surface area contributed by atoms with E-state index in [1.54, 1.807) is 32.1 Å². The van der Waals surface area contributed by atoms with Gasteiger partial charge < -0.3 is 24.3 Å². The molecule has 11 heteroatoms. The molecule has 0 bridgehead atoms. The van der Waals surface area contributed by atoms with Gasteiger partial charge in [0, 0.05) is 47.8 Å². The molecule has 0 saturated heterocycles. The number of ether oxygens (including phenoxy) is 4. The fourth-order valence-electron chi connectivity index (χ4n) is 5.99. The summed E-state index contributed by atoms with van der Waals surface area (Å²) in [6.07, 6.45) is 4.19. The number of pyridine rings is 1. The Labute approximate surface area is 270 Å². The summed E-state index contributed by atoms with van der Waals surface area (Å²) in [5.74, 6) is 1.72. The van der Waals surface area contributed by atoms with Gasteiger partial charge in [-0.05, 0) is 48.6 Å². The molecular formula is C35H31ClFN5O4. The number of fused-ring (bicyclic) bond motifs is 3. The van der Waals surface area contributed by atoms with Gasteiger partial charge in [-0.25, -0.2) is 9.37 Å². The summed E-state index contributed by atoms with van der Waals surface area (Å²) >= 11 is 6.36. The third-order valence-electron chi connectivity index (χ3n) is 8.49. The van der Waals surface area contributed by atoms with Crippen molar-refractivity contribution in [2.24, 2.45) is 7.05 Å². The third-order valence-corrected chi connectivity index (χ3v) is 8.76. The van der Waals surface area contributed by atoms with Crippen molar-refractivity contribution in [3.05, 3.63) is 81.8 Å². The lowest BCUT2D eigenvalue weighted by atomic mass is 9.94. The molecule has 46 heavy (non-hydrogen) atoms. The predicted octanol–water partition coefficient (Wildman–Crippen LogP) is 7.21. The van der Waals surface area contributed by atoms with E-state index in [2.05, 4.69) is 16.5 Å². The Kier molecular flexibility index (Phi) is 7.89. The molecule has 1 fully saturated rings. The predicted molar refractivity (Wildman–Crippen MR) is 173 cm³/mol. The van der Waals surface area contributed by atoms with Crippen molar-refractivity contribution in [1.29, 1.82) is 5.26 Å². The zero-order valence-corrected chi connectivity index (χ0v) is 26.4. The number of nitrogens with one attached hydrogen (secondary N) is 1. The Morgan fingerprint density at radius 2 is 1.96 bits per heavy atom. The largest absolute Gasteiger partial charge is 0.497 e. The molecule has 1 saturated carbocycles. The quantitative estimate of drug-likeness (QED) is 0.180. The summed E-state index contributed by atoms with van der Waals surface area (Å²) in [6.45, 7) is 1.54.